The second-order valence-electron chi connectivity index (χ2n) is 6.59. The van der Waals surface area contributed by atoms with Crippen molar-refractivity contribution in [3.63, 3.8) is 0 Å². The molecule has 0 fully saturated rings. The summed E-state index contributed by atoms with van der Waals surface area (Å²) in [5.41, 5.74) is 2.97. The molecule has 0 unspecified atom stereocenters. The Balaban J connectivity index is 1.71. The largest absolute Gasteiger partial charge is 0.311 e. The number of halogens is 1. The van der Waals surface area contributed by atoms with Gasteiger partial charge in [0.2, 0.25) is 0 Å². The summed E-state index contributed by atoms with van der Waals surface area (Å²) in [5.74, 6) is 2.05. The molecule has 0 aliphatic rings. The van der Waals surface area contributed by atoms with Gasteiger partial charge in [-0.1, -0.05) is 35.9 Å². The van der Waals surface area contributed by atoms with Gasteiger partial charge in [0.05, 0.1) is 10.6 Å². The third-order valence-electron chi connectivity index (χ3n) is 4.42. The molecular formula is C22H20ClN3O3S. The summed E-state index contributed by atoms with van der Waals surface area (Å²) in [5, 5.41) is 11.5. The van der Waals surface area contributed by atoms with Gasteiger partial charge in [-0.2, -0.15) is 11.8 Å². The average molecular weight is 442 g/mol. The summed E-state index contributed by atoms with van der Waals surface area (Å²) < 4.78 is 0. The number of aromatic amines is 1. The van der Waals surface area contributed by atoms with Crippen LogP contribution in [0.3, 0.4) is 0 Å². The molecule has 154 valence electrons. The molecule has 1 heterocycles. The Morgan fingerprint density at radius 2 is 1.90 bits per heavy atom. The van der Waals surface area contributed by atoms with E-state index in [1.165, 1.54) is 12.1 Å². The van der Waals surface area contributed by atoms with Gasteiger partial charge in [0.25, 0.3) is 11.2 Å². The first-order valence-corrected chi connectivity index (χ1v) is 10.8. The van der Waals surface area contributed by atoms with Gasteiger partial charge >= 0.3 is 0 Å². The van der Waals surface area contributed by atoms with Crippen molar-refractivity contribution >= 4 is 41.2 Å². The number of benzene rings is 2. The second kappa shape index (κ2) is 10.2. The van der Waals surface area contributed by atoms with Gasteiger partial charge in [0.1, 0.15) is 5.82 Å². The van der Waals surface area contributed by atoms with Crippen LogP contribution in [-0.2, 0) is 12.2 Å². The Labute approximate surface area is 183 Å². The van der Waals surface area contributed by atoms with Gasteiger partial charge in [0.15, 0.2) is 0 Å². The molecule has 0 aliphatic heterocycles. The second-order valence-corrected chi connectivity index (χ2v) is 8.10. The number of nitrogens with zero attached hydrogens (tertiary/aromatic N) is 2. The number of aromatic nitrogens is 2. The summed E-state index contributed by atoms with van der Waals surface area (Å²) in [6.45, 7) is 1.74. The summed E-state index contributed by atoms with van der Waals surface area (Å²) in [7, 11) is 0. The Morgan fingerprint density at radius 3 is 2.60 bits per heavy atom. The Kier molecular flexibility index (Phi) is 7.43. The normalized spacial score (nSPS) is 11.1. The fourth-order valence-corrected chi connectivity index (χ4v) is 4.11. The zero-order valence-corrected chi connectivity index (χ0v) is 17.9. The van der Waals surface area contributed by atoms with Gasteiger partial charge in [-0.05, 0) is 54.5 Å². The van der Waals surface area contributed by atoms with Crippen molar-refractivity contribution in [2.24, 2.45) is 0 Å². The molecular weight excluding hydrogens is 422 g/mol. The maximum absolute atomic E-state index is 12.5. The fraction of sp³-hybridized carbons (Fsp3) is 0.182. The summed E-state index contributed by atoms with van der Waals surface area (Å²) >= 11 is 7.89. The number of aryl methyl sites for hydroxylation is 1. The van der Waals surface area contributed by atoms with E-state index in [1.807, 2.05) is 24.3 Å². The van der Waals surface area contributed by atoms with Crippen molar-refractivity contribution in [2.75, 3.05) is 5.75 Å². The van der Waals surface area contributed by atoms with E-state index < -0.39 is 4.92 Å². The summed E-state index contributed by atoms with van der Waals surface area (Å²) in [6, 6.07) is 13.9. The van der Waals surface area contributed by atoms with Crippen LogP contribution in [0.2, 0.25) is 5.02 Å². The molecule has 0 bridgehead atoms. The van der Waals surface area contributed by atoms with E-state index in [0.29, 0.717) is 23.5 Å². The maximum atomic E-state index is 12.5. The summed E-state index contributed by atoms with van der Waals surface area (Å²) in [6.07, 6.45) is 4.14. The minimum absolute atomic E-state index is 0.0357. The van der Waals surface area contributed by atoms with E-state index in [9.17, 15) is 14.9 Å². The lowest BCUT2D eigenvalue weighted by Crippen LogP contribution is -2.18. The molecule has 0 saturated carbocycles. The van der Waals surface area contributed by atoms with Crippen molar-refractivity contribution in [3.05, 3.63) is 102 Å². The lowest BCUT2D eigenvalue weighted by atomic mass is 10.1. The van der Waals surface area contributed by atoms with Crippen molar-refractivity contribution in [1.29, 1.82) is 0 Å². The lowest BCUT2D eigenvalue weighted by Gasteiger charge is -2.07. The standard InChI is InChI=1S/C22H20ClN3O3S/c1-15-24-21(11-8-16-6-9-18(10-7-16)26(28)29)19(22(27)25-15)12-13-30-14-17-4-2-3-5-20(17)23/h2-11H,12-14H2,1H3,(H,24,25,27)/b11-8+. The highest BCUT2D eigenvalue weighted by molar-refractivity contribution is 7.98. The molecule has 1 aromatic heterocycles. The van der Waals surface area contributed by atoms with E-state index in [-0.39, 0.29) is 11.2 Å². The smallest absolute Gasteiger partial charge is 0.269 e. The number of nitro benzene ring substituents is 1. The highest BCUT2D eigenvalue weighted by Crippen LogP contribution is 2.21. The molecule has 2 aromatic carbocycles. The van der Waals surface area contributed by atoms with E-state index in [0.717, 1.165) is 27.7 Å². The number of hydrogen-bond donors (Lipinski definition) is 1. The van der Waals surface area contributed by atoms with Gasteiger partial charge in [0, 0.05) is 28.5 Å². The Bertz CT molecular complexity index is 1130. The Hall–Kier alpha value is -2.90. The van der Waals surface area contributed by atoms with Crippen LogP contribution in [0.1, 0.15) is 28.2 Å². The van der Waals surface area contributed by atoms with Crippen LogP contribution in [0.4, 0.5) is 5.69 Å². The minimum Gasteiger partial charge on any atom is -0.311 e. The van der Waals surface area contributed by atoms with Crippen LogP contribution in [0.15, 0.2) is 53.3 Å². The van der Waals surface area contributed by atoms with Crippen molar-refractivity contribution < 1.29 is 4.92 Å². The Morgan fingerprint density at radius 1 is 1.17 bits per heavy atom. The number of thioether (sulfide) groups is 1. The molecule has 0 atom stereocenters. The molecule has 0 saturated heterocycles. The number of non-ortho nitro benzene ring substituents is 1. The molecule has 30 heavy (non-hydrogen) atoms. The van der Waals surface area contributed by atoms with Gasteiger partial charge < -0.3 is 4.98 Å². The van der Waals surface area contributed by atoms with E-state index in [4.69, 9.17) is 11.6 Å². The highest BCUT2D eigenvalue weighted by Gasteiger charge is 2.09. The van der Waals surface area contributed by atoms with Crippen LogP contribution in [0, 0.1) is 17.0 Å². The highest BCUT2D eigenvalue weighted by atomic mass is 35.5. The summed E-state index contributed by atoms with van der Waals surface area (Å²) in [4.78, 5) is 30.0. The van der Waals surface area contributed by atoms with Gasteiger partial charge in [-0.25, -0.2) is 4.98 Å². The van der Waals surface area contributed by atoms with E-state index in [1.54, 1.807) is 43.0 Å². The van der Waals surface area contributed by atoms with Crippen LogP contribution >= 0.6 is 23.4 Å². The topological polar surface area (TPSA) is 88.9 Å². The van der Waals surface area contributed by atoms with Crippen molar-refractivity contribution in [3.8, 4) is 0 Å². The lowest BCUT2D eigenvalue weighted by molar-refractivity contribution is -0.384. The fourth-order valence-electron chi connectivity index (χ4n) is 2.87. The third-order valence-corrected chi connectivity index (χ3v) is 5.79. The van der Waals surface area contributed by atoms with Crippen LogP contribution in [0.5, 0.6) is 0 Å². The van der Waals surface area contributed by atoms with Gasteiger partial charge in [-0.15, -0.1) is 0 Å². The third kappa shape index (κ3) is 5.81. The molecule has 0 amide bonds. The molecule has 8 heteroatoms. The first kappa shape index (κ1) is 21.8. The van der Waals surface area contributed by atoms with Crippen molar-refractivity contribution in [2.45, 2.75) is 19.1 Å². The van der Waals surface area contributed by atoms with Crippen molar-refractivity contribution in [1.82, 2.24) is 9.97 Å². The van der Waals surface area contributed by atoms with Gasteiger partial charge in [-0.3, -0.25) is 14.9 Å². The number of rotatable bonds is 8. The monoisotopic (exact) mass is 441 g/mol. The number of H-pyrrole nitrogens is 1. The molecule has 3 aromatic rings. The minimum atomic E-state index is -0.437. The number of nitrogens with one attached hydrogen (secondary N) is 1. The molecule has 3 rings (SSSR count). The first-order chi connectivity index (χ1) is 14.4. The molecule has 0 radical (unpaired) electrons. The SMILES string of the molecule is Cc1nc(/C=C/c2ccc([N+](=O)[O-])cc2)c(CCSCc2ccccc2Cl)c(=O)[nH]1. The van der Waals surface area contributed by atoms with Crippen LogP contribution in [0.25, 0.3) is 12.2 Å². The molecule has 6 nitrogen and oxygen atoms in total. The average Bonchev–Trinajstić information content (AvgIpc) is 2.72. The number of nitro groups is 1. The number of hydrogen-bond acceptors (Lipinski definition) is 5. The predicted molar refractivity (Wildman–Crippen MR) is 123 cm³/mol. The first-order valence-electron chi connectivity index (χ1n) is 9.27. The molecule has 0 aliphatic carbocycles. The van der Waals surface area contributed by atoms with Crippen LogP contribution < -0.4 is 5.56 Å². The predicted octanol–water partition coefficient (Wildman–Crippen LogP) is 5.29. The quantitative estimate of drug-likeness (QED) is 0.291. The van der Waals surface area contributed by atoms with E-state index >= 15 is 0 Å². The zero-order valence-electron chi connectivity index (χ0n) is 16.3. The maximum Gasteiger partial charge on any atom is 0.269 e. The van der Waals surface area contributed by atoms with E-state index in [2.05, 4.69) is 9.97 Å². The molecule has 0 spiro atoms. The van der Waals surface area contributed by atoms with Crippen LogP contribution in [-0.4, -0.2) is 20.6 Å². The molecule has 1 N–H and O–H groups in total. The zero-order chi connectivity index (χ0) is 21.5.